The van der Waals surface area contributed by atoms with E-state index in [1.807, 2.05) is 13.1 Å². The fraction of sp³-hybridized carbons (Fsp3) is 0.372. The molecule has 0 N–H and O–H groups in total. The molecule has 0 saturated carbocycles. The molecule has 46 heavy (non-hydrogen) atoms. The molecule has 0 radical (unpaired) electrons. The Hall–Kier alpha value is -4.65. The summed E-state index contributed by atoms with van der Waals surface area (Å²) in [5.74, 6) is 20.3. The summed E-state index contributed by atoms with van der Waals surface area (Å²) in [5, 5.41) is 0. The monoisotopic (exact) mass is 609 g/mol. The standard InChI is InChI=1S/C43H51N3/c1-8-35(2)24-36(3)30-44-21-15-9-12-18-41-27-42(19-13-10-16-22-45-31-37(4)25-38(5)32-45)29-43(28-41)20-14-11-17-23-46-33-39(6)26-40(7)34-46/h8,24-34H,9-11,15-17,21-23H2,1-7H3/q+2/b35-8-,36-24-,44-30+. The zero-order valence-corrected chi connectivity index (χ0v) is 29.1. The van der Waals surface area contributed by atoms with E-state index in [1.165, 1.54) is 33.4 Å². The molecule has 2 heterocycles. The van der Waals surface area contributed by atoms with Gasteiger partial charge in [-0.3, -0.25) is 4.99 Å². The Kier molecular flexibility index (Phi) is 15.3. The van der Waals surface area contributed by atoms with Crippen LogP contribution in [0.3, 0.4) is 0 Å². The highest BCUT2D eigenvalue weighted by Crippen LogP contribution is 2.10. The Morgan fingerprint density at radius 3 is 1.43 bits per heavy atom. The van der Waals surface area contributed by atoms with Gasteiger partial charge in [-0.1, -0.05) is 53.2 Å². The van der Waals surface area contributed by atoms with Crippen molar-refractivity contribution in [2.75, 3.05) is 6.54 Å². The van der Waals surface area contributed by atoms with Gasteiger partial charge >= 0.3 is 0 Å². The summed E-state index contributed by atoms with van der Waals surface area (Å²) >= 11 is 0. The number of benzene rings is 1. The summed E-state index contributed by atoms with van der Waals surface area (Å²) in [4.78, 5) is 4.56. The first-order valence-electron chi connectivity index (χ1n) is 16.6. The Morgan fingerprint density at radius 2 is 1.02 bits per heavy atom. The molecule has 3 aromatic rings. The summed E-state index contributed by atoms with van der Waals surface area (Å²) in [6.45, 7) is 17.5. The second-order valence-electron chi connectivity index (χ2n) is 12.2. The van der Waals surface area contributed by atoms with Gasteiger partial charge < -0.3 is 0 Å². The van der Waals surface area contributed by atoms with E-state index in [-0.39, 0.29) is 0 Å². The molecular formula is C43H51N3+2. The molecular weight excluding hydrogens is 558 g/mol. The van der Waals surface area contributed by atoms with E-state index >= 15 is 0 Å². The number of aryl methyl sites for hydroxylation is 6. The maximum absolute atomic E-state index is 4.56. The van der Waals surface area contributed by atoms with Crippen LogP contribution in [0.5, 0.6) is 0 Å². The summed E-state index contributed by atoms with van der Waals surface area (Å²) in [5.41, 5.74) is 10.5. The van der Waals surface area contributed by atoms with Crippen LogP contribution in [0.2, 0.25) is 0 Å². The van der Waals surface area contributed by atoms with Crippen molar-refractivity contribution in [3.05, 3.63) is 117 Å². The molecule has 0 fully saturated rings. The van der Waals surface area contributed by atoms with Crippen LogP contribution in [-0.2, 0) is 13.1 Å². The van der Waals surface area contributed by atoms with Crippen LogP contribution in [0.4, 0.5) is 0 Å². The molecule has 0 bridgehead atoms. The van der Waals surface area contributed by atoms with E-state index in [2.05, 4.69) is 158 Å². The Bertz CT molecular complexity index is 1620. The first kappa shape index (κ1) is 35.8. The predicted octanol–water partition coefficient (Wildman–Crippen LogP) is 8.27. The normalized spacial score (nSPS) is 11.4. The Morgan fingerprint density at radius 1 is 0.609 bits per heavy atom. The maximum Gasteiger partial charge on any atom is 0.171 e. The smallest absolute Gasteiger partial charge is 0.171 e. The molecule has 236 valence electrons. The van der Waals surface area contributed by atoms with Gasteiger partial charge in [0.2, 0.25) is 0 Å². The Labute approximate surface area is 279 Å². The number of pyridine rings is 2. The molecule has 0 aliphatic carbocycles. The molecule has 0 saturated heterocycles. The lowest BCUT2D eigenvalue weighted by Crippen LogP contribution is -2.33. The van der Waals surface area contributed by atoms with Gasteiger partial charge in [0.25, 0.3) is 0 Å². The van der Waals surface area contributed by atoms with Crippen LogP contribution in [0.15, 0.2) is 83.4 Å². The van der Waals surface area contributed by atoms with Gasteiger partial charge in [-0.15, -0.1) is 0 Å². The molecule has 3 nitrogen and oxygen atoms in total. The second-order valence-corrected chi connectivity index (χ2v) is 12.2. The first-order valence-corrected chi connectivity index (χ1v) is 16.6. The third kappa shape index (κ3) is 14.4. The molecule has 0 atom stereocenters. The van der Waals surface area contributed by atoms with Crippen molar-refractivity contribution in [1.29, 1.82) is 0 Å². The highest BCUT2D eigenvalue weighted by Gasteiger charge is 2.03. The molecule has 0 amide bonds. The largest absolute Gasteiger partial charge is 0.293 e. The van der Waals surface area contributed by atoms with Crippen molar-refractivity contribution in [3.63, 3.8) is 0 Å². The third-order valence-electron chi connectivity index (χ3n) is 7.25. The number of hydrogen-bond acceptors (Lipinski definition) is 1. The number of rotatable bonds is 11. The van der Waals surface area contributed by atoms with Crippen molar-refractivity contribution < 1.29 is 9.13 Å². The van der Waals surface area contributed by atoms with Crippen LogP contribution < -0.4 is 9.13 Å². The quantitative estimate of drug-likeness (QED) is 0.0686. The minimum Gasteiger partial charge on any atom is -0.293 e. The zero-order valence-electron chi connectivity index (χ0n) is 29.1. The first-order chi connectivity index (χ1) is 22.2. The van der Waals surface area contributed by atoms with Crippen molar-refractivity contribution in [2.24, 2.45) is 4.99 Å². The van der Waals surface area contributed by atoms with E-state index in [4.69, 9.17) is 0 Å². The molecule has 2 aromatic heterocycles. The number of unbranched alkanes of at least 4 members (excludes halogenated alkanes) is 3. The zero-order chi connectivity index (χ0) is 33.1. The van der Waals surface area contributed by atoms with Crippen molar-refractivity contribution in [1.82, 2.24) is 0 Å². The van der Waals surface area contributed by atoms with Crippen LogP contribution in [0.25, 0.3) is 0 Å². The highest BCUT2D eigenvalue weighted by molar-refractivity contribution is 5.78. The van der Waals surface area contributed by atoms with Gasteiger partial charge in [-0.2, -0.15) is 0 Å². The fourth-order valence-corrected chi connectivity index (χ4v) is 5.23. The number of hydrogen-bond donors (Lipinski definition) is 0. The molecule has 0 aliphatic heterocycles. The highest BCUT2D eigenvalue weighted by atomic mass is 14.9. The number of allylic oxidation sites excluding steroid dienone is 4. The second kappa shape index (κ2) is 19.7. The van der Waals surface area contributed by atoms with Crippen molar-refractivity contribution >= 4 is 6.21 Å². The van der Waals surface area contributed by atoms with Crippen molar-refractivity contribution in [2.45, 2.75) is 100 Å². The van der Waals surface area contributed by atoms with Gasteiger partial charge in [0.05, 0.1) is 0 Å². The van der Waals surface area contributed by atoms with E-state index in [9.17, 15) is 0 Å². The van der Waals surface area contributed by atoms with Crippen molar-refractivity contribution in [3.8, 4) is 35.5 Å². The van der Waals surface area contributed by atoms with Gasteiger partial charge in [0.15, 0.2) is 24.8 Å². The molecule has 0 unspecified atom stereocenters. The van der Waals surface area contributed by atoms with Crippen LogP contribution in [-0.4, -0.2) is 12.8 Å². The van der Waals surface area contributed by atoms with Gasteiger partial charge in [-0.25, -0.2) is 9.13 Å². The van der Waals surface area contributed by atoms with E-state index in [1.54, 1.807) is 0 Å². The SMILES string of the molecule is C\C=C(C)/C=C(C)\C=N\CCCC#Cc1cc(C#CCCC[n+]2cc(C)cc(C)c2)cc(C#CCCC[n+]2cc(C)cc(C)c2)c1. The maximum atomic E-state index is 4.56. The van der Waals surface area contributed by atoms with Crippen LogP contribution >= 0.6 is 0 Å². The molecule has 0 spiro atoms. The molecule has 3 heteroatoms. The number of nitrogens with zero attached hydrogens (tertiary/aromatic N) is 3. The van der Waals surface area contributed by atoms with Gasteiger partial charge in [0.1, 0.15) is 13.1 Å². The number of aliphatic imine (C=N–C) groups is 1. The minimum absolute atomic E-state index is 0.776. The van der Waals surface area contributed by atoms with Crippen LogP contribution in [0, 0.1) is 63.2 Å². The van der Waals surface area contributed by atoms with E-state index < -0.39 is 0 Å². The summed E-state index contributed by atoms with van der Waals surface area (Å²) in [6, 6.07) is 10.7. The van der Waals surface area contributed by atoms with Crippen LogP contribution in [0.1, 0.15) is 98.2 Å². The minimum atomic E-state index is 0.776. The fourth-order valence-electron chi connectivity index (χ4n) is 5.23. The third-order valence-corrected chi connectivity index (χ3v) is 7.25. The van der Waals surface area contributed by atoms with E-state index in [0.29, 0.717) is 0 Å². The average Bonchev–Trinajstić information content (AvgIpc) is 2.99. The summed E-state index contributed by atoms with van der Waals surface area (Å²) < 4.78 is 4.53. The topological polar surface area (TPSA) is 20.1 Å². The average molecular weight is 610 g/mol. The van der Waals surface area contributed by atoms with Gasteiger partial charge in [0, 0.05) is 83.8 Å². The lowest BCUT2D eigenvalue weighted by Gasteiger charge is -1.99. The van der Waals surface area contributed by atoms with Gasteiger partial charge in [-0.05, 0) is 90.8 Å². The lowest BCUT2D eigenvalue weighted by atomic mass is 10.1. The Balaban J connectivity index is 1.64. The lowest BCUT2D eigenvalue weighted by molar-refractivity contribution is -0.697. The van der Waals surface area contributed by atoms with E-state index in [0.717, 1.165) is 74.8 Å². The summed E-state index contributed by atoms with van der Waals surface area (Å²) in [6.07, 6.45) is 20.4. The predicted molar refractivity (Wildman–Crippen MR) is 194 cm³/mol. The molecule has 1 aromatic carbocycles. The number of aromatic nitrogens is 2. The molecule has 3 rings (SSSR count). The molecule has 0 aliphatic rings. The summed E-state index contributed by atoms with van der Waals surface area (Å²) in [7, 11) is 0.